The van der Waals surface area contributed by atoms with E-state index in [-0.39, 0.29) is 10.6 Å². The molecule has 0 saturated carbocycles. The van der Waals surface area contributed by atoms with E-state index in [4.69, 9.17) is 14.2 Å². The highest BCUT2D eigenvalue weighted by Gasteiger charge is 2.28. The van der Waals surface area contributed by atoms with E-state index in [9.17, 15) is 13.2 Å². The number of ether oxygens (including phenoxy) is 3. The Kier molecular flexibility index (Phi) is 7.97. The summed E-state index contributed by atoms with van der Waals surface area (Å²) in [5.41, 5.74) is 1.88. The van der Waals surface area contributed by atoms with Gasteiger partial charge in [0.15, 0.2) is 11.5 Å². The molecule has 4 rings (SSSR count). The second-order valence-corrected chi connectivity index (χ2v) is 9.92. The summed E-state index contributed by atoms with van der Waals surface area (Å²) in [7, 11) is -1.09. The number of nitrogens with zero attached hydrogens (tertiary/aromatic N) is 2. The number of amides is 1. The quantitative estimate of drug-likeness (QED) is 0.470. The number of carbonyl (C=O) groups excluding carboxylic acids is 1. The number of sulfonamides is 1. The van der Waals surface area contributed by atoms with Crippen molar-refractivity contribution in [3.63, 3.8) is 0 Å². The summed E-state index contributed by atoms with van der Waals surface area (Å²) in [5.74, 6) is 0.314. The summed E-state index contributed by atoms with van der Waals surface area (Å²) in [6, 6.07) is 20.1. The van der Waals surface area contributed by atoms with Crippen molar-refractivity contribution in [1.29, 1.82) is 0 Å². The molecule has 0 bridgehead atoms. The maximum atomic E-state index is 13.6. The van der Waals surface area contributed by atoms with Gasteiger partial charge < -0.3 is 24.4 Å². The van der Waals surface area contributed by atoms with Gasteiger partial charge in [-0.15, -0.1) is 0 Å². The van der Waals surface area contributed by atoms with Crippen LogP contribution in [0, 0.1) is 0 Å². The van der Waals surface area contributed by atoms with Crippen LogP contribution in [0.1, 0.15) is 0 Å². The third kappa shape index (κ3) is 5.72. The Morgan fingerprint density at radius 2 is 1.61 bits per heavy atom. The van der Waals surface area contributed by atoms with Gasteiger partial charge in [-0.3, -0.25) is 9.10 Å². The number of carbonyl (C=O) groups is 1. The molecule has 1 aliphatic rings. The average Bonchev–Trinajstić information content (AvgIpc) is 2.92. The molecule has 0 aliphatic carbocycles. The number of benzene rings is 3. The van der Waals surface area contributed by atoms with Gasteiger partial charge in [0.2, 0.25) is 5.91 Å². The molecule has 1 fully saturated rings. The van der Waals surface area contributed by atoms with E-state index in [0.29, 0.717) is 30.4 Å². The van der Waals surface area contributed by atoms with Crippen LogP contribution >= 0.6 is 0 Å². The van der Waals surface area contributed by atoms with Crippen LogP contribution in [0.25, 0.3) is 0 Å². The van der Waals surface area contributed by atoms with Crippen LogP contribution in [0.5, 0.6) is 11.5 Å². The topological polar surface area (TPSA) is 97.4 Å². The minimum Gasteiger partial charge on any atom is -0.493 e. The van der Waals surface area contributed by atoms with Crippen LogP contribution in [0.4, 0.5) is 17.1 Å². The van der Waals surface area contributed by atoms with Crippen molar-refractivity contribution in [2.24, 2.45) is 0 Å². The molecule has 1 aliphatic heterocycles. The Bertz CT molecular complexity index is 1280. The maximum absolute atomic E-state index is 13.6. The molecule has 3 aromatic rings. The molecule has 9 nitrogen and oxygen atoms in total. The van der Waals surface area contributed by atoms with Crippen LogP contribution in [0.15, 0.2) is 77.7 Å². The fraction of sp³-hybridized carbons (Fsp3) is 0.269. The summed E-state index contributed by atoms with van der Waals surface area (Å²) >= 11 is 0. The average molecular weight is 512 g/mol. The molecule has 1 N–H and O–H groups in total. The molecular weight excluding hydrogens is 482 g/mol. The zero-order valence-electron chi connectivity index (χ0n) is 20.2. The highest BCUT2D eigenvalue weighted by atomic mass is 32.2. The summed E-state index contributed by atoms with van der Waals surface area (Å²) in [6.07, 6.45) is 0. The summed E-state index contributed by atoms with van der Waals surface area (Å²) in [4.78, 5) is 15.3. The SMILES string of the molecule is COc1ccc(N(CC(=O)Nc2ccc(N3CCOCC3)cc2)S(=O)(=O)c2ccccc2)cc1OC. The van der Waals surface area contributed by atoms with Gasteiger partial charge in [-0.25, -0.2) is 8.42 Å². The molecule has 1 amide bonds. The third-order valence-corrected chi connectivity index (χ3v) is 7.59. The van der Waals surface area contributed by atoms with Gasteiger partial charge in [0.25, 0.3) is 10.0 Å². The van der Waals surface area contributed by atoms with Gasteiger partial charge in [-0.1, -0.05) is 18.2 Å². The molecular formula is C26H29N3O6S. The predicted octanol–water partition coefficient (Wildman–Crippen LogP) is 3.37. The van der Waals surface area contributed by atoms with Gasteiger partial charge >= 0.3 is 0 Å². The van der Waals surface area contributed by atoms with Crippen molar-refractivity contribution in [2.75, 3.05) is 61.6 Å². The smallest absolute Gasteiger partial charge is 0.264 e. The Hall–Kier alpha value is -3.76. The number of anilines is 3. The number of methoxy groups -OCH3 is 2. The summed E-state index contributed by atoms with van der Waals surface area (Å²) in [5, 5.41) is 2.80. The summed E-state index contributed by atoms with van der Waals surface area (Å²) < 4.78 is 44.2. The first kappa shape index (κ1) is 25.3. The lowest BCUT2D eigenvalue weighted by Crippen LogP contribution is -2.38. The van der Waals surface area contributed by atoms with Gasteiger partial charge in [0.1, 0.15) is 6.54 Å². The number of hydrogen-bond acceptors (Lipinski definition) is 7. The zero-order chi connectivity index (χ0) is 25.5. The molecule has 36 heavy (non-hydrogen) atoms. The van der Waals surface area contributed by atoms with Crippen molar-refractivity contribution in [2.45, 2.75) is 4.90 Å². The van der Waals surface area contributed by atoms with Gasteiger partial charge in [-0.2, -0.15) is 0 Å². The molecule has 0 unspecified atom stereocenters. The van der Waals surface area contributed by atoms with E-state index in [0.717, 1.165) is 23.1 Å². The number of rotatable bonds is 9. The molecule has 3 aromatic carbocycles. The van der Waals surface area contributed by atoms with E-state index < -0.39 is 22.5 Å². The van der Waals surface area contributed by atoms with Crippen molar-refractivity contribution < 1.29 is 27.4 Å². The maximum Gasteiger partial charge on any atom is 0.264 e. The molecule has 1 heterocycles. The molecule has 190 valence electrons. The van der Waals surface area contributed by atoms with E-state index >= 15 is 0 Å². The van der Waals surface area contributed by atoms with Crippen LogP contribution in [0.3, 0.4) is 0 Å². The van der Waals surface area contributed by atoms with Crippen molar-refractivity contribution in [1.82, 2.24) is 0 Å². The predicted molar refractivity (Wildman–Crippen MR) is 139 cm³/mol. The Morgan fingerprint density at radius 1 is 0.944 bits per heavy atom. The van der Waals surface area contributed by atoms with Gasteiger partial charge in [-0.05, 0) is 48.5 Å². The minimum absolute atomic E-state index is 0.0717. The number of nitrogens with one attached hydrogen (secondary N) is 1. The van der Waals surface area contributed by atoms with Gasteiger partial charge in [0, 0.05) is 30.5 Å². The molecule has 1 saturated heterocycles. The standard InChI is InChI=1S/C26H29N3O6S/c1-33-24-13-12-22(18-25(24)34-2)29(36(31,32)23-6-4-3-5-7-23)19-26(30)27-20-8-10-21(11-9-20)28-14-16-35-17-15-28/h3-13,18H,14-17,19H2,1-2H3,(H,27,30). The fourth-order valence-corrected chi connectivity index (χ4v) is 5.36. The molecule has 0 radical (unpaired) electrons. The van der Waals surface area contributed by atoms with Crippen LogP contribution in [-0.2, 0) is 19.6 Å². The lowest BCUT2D eigenvalue weighted by atomic mass is 10.2. The monoisotopic (exact) mass is 511 g/mol. The molecule has 0 atom stereocenters. The fourth-order valence-electron chi connectivity index (χ4n) is 3.92. The van der Waals surface area contributed by atoms with E-state index in [1.54, 1.807) is 42.5 Å². The van der Waals surface area contributed by atoms with Crippen molar-refractivity contribution >= 4 is 33.0 Å². The number of hydrogen-bond donors (Lipinski definition) is 1. The Morgan fingerprint density at radius 3 is 2.25 bits per heavy atom. The van der Waals surface area contributed by atoms with Crippen LogP contribution < -0.4 is 24.0 Å². The van der Waals surface area contributed by atoms with E-state index in [2.05, 4.69) is 10.2 Å². The molecule has 0 spiro atoms. The second-order valence-electron chi connectivity index (χ2n) is 8.06. The van der Waals surface area contributed by atoms with E-state index in [1.807, 2.05) is 12.1 Å². The lowest BCUT2D eigenvalue weighted by molar-refractivity contribution is -0.114. The Labute approximate surface area is 211 Å². The highest BCUT2D eigenvalue weighted by molar-refractivity contribution is 7.92. The normalized spacial score (nSPS) is 13.7. The second kappa shape index (κ2) is 11.3. The summed E-state index contributed by atoms with van der Waals surface area (Å²) in [6.45, 7) is 2.55. The largest absolute Gasteiger partial charge is 0.493 e. The molecule has 0 aromatic heterocycles. The number of morpholine rings is 1. The first-order valence-electron chi connectivity index (χ1n) is 11.4. The van der Waals surface area contributed by atoms with Crippen molar-refractivity contribution in [3.8, 4) is 11.5 Å². The van der Waals surface area contributed by atoms with Crippen molar-refractivity contribution in [3.05, 3.63) is 72.8 Å². The minimum atomic E-state index is -4.05. The lowest BCUT2D eigenvalue weighted by Gasteiger charge is -2.29. The van der Waals surface area contributed by atoms with E-state index in [1.165, 1.54) is 32.4 Å². The zero-order valence-corrected chi connectivity index (χ0v) is 21.0. The van der Waals surface area contributed by atoms with Gasteiger partial charge in [0.05, 0.1) is 38.0 Å². The Balaban J connectivity index is 1.58. The van der Waals surface area contributed by atoms with Crippen LogP contribution in [0.2, 0.25) is 0 Å². The van der Waals surface area contributed by atoms with Crippen LogP contribution in [-0.4, -0.2) is 61.4 Å². The highest BCUT2D eigenvalue weighted by Crippen LogP contribution is 2.33. The molecule has 10 heteroatoms. The third-order valence-electron chi connectivity index (χ3n) is 5.80. The first-order chi connectivity index (χ1) is 17.4. The first-order valence-corrected chi connectivity index (χ1v) is 12.9.